The number of piperidine rings is 2. The van der Waals surface area contributed by atoms with Crippen LogP contribution in [-0.4, -0.2) is 61.5 Å². The molecule has 0 spiro atoms. The summed E-state index contributed by atoms with van der Waals surface area (Å²) < 4.78 is 0. The van der Waals surface area contributed by atoms with Gasteiger partial charge < -0.3 is 15.1 Å². The maximum absolute atomic E-state index is 12.2. The molecule has 2 aliphatic rings. The molecule has 0 aromatic carbocycles. The first kappa shape index (κ1) is 16.8. The molecule has 122 valence electrons. The van der Waals surface area contributed by atoms with E-state index >= 15 is 0 Å². The molecule has 2 rings (SSSR count). The number of hydrogen-bond donors (Lipinski definition) is 1. The van der Waals surface area contributed by atoms with Gasteiger partial charge in [0.15, 0.2) is 0 Å². The SMILES string of the molecule is CC[C@@H]1CCCCN1CCCNC(=O)[C@@H]1CCCN(C)C1. The topological polar surface area (TPSA) is 35.6 Å². The van der Waals surface area contributed by atoms with Gasteiger partial charge in [-0.1, -0.05) is 13.3 Å². The molecule has 0 aliphatic carbocycles. The molecule has 1 amide bonds. The maximum Gasteiger partial charge on any atom is 0.224 e. The van der Waals surface area contributed by atoms with Gasteiger partial charge in [-0.2, -0.15) is 0 Å². The molecule has 4 heteroatoms. The van der Waals surface area contributed by atoms with Crippen molar-refractivity contribution in [3.8, 4) is 0 Å². The van der Waals surface area contributed by atoms with E-state index in [1.807, 2.05) is 0 Å². The van der Waals surface area contributed by atoms with E-state index in [4.69, 9.17) is 0 Å². The van der Waals surface area contributed by atoms with Crippen molar-refractivity contribution in [2.75, 3.05) is 39.8 Å². The minimum Gasteiger partial charge on any atom is -0.356 e. The van der Waals surface area contributed by atoms with Crippen molar-refractivity contribution in [1.82, 2.24) is 15.1 Å². The van der Waals surface area contributed by atoms with Gasteiger partial charge in [-0.25, -0.2) is 0 Å². The number of carbonyl (C=O) groups excluding carboxylic acids is 1. The zero-order valence-electron chi connectivity index (χ0n) is 13.9. The molecule has 2 heterocycles. The van der Waals surface area contributed by atoms with E-state index in [1.54, 1.807) is 0 Å². The smallest absolute Gasteiger partial charge is 0.224 e. The third kappa shape index (κ3) is 5.26. The molecule has 0 radical (unpaired) electrons. The number of hydrogen-bond acceptors (Lipinski definition) is 3. The van der Waals surface area contributed by atoms with E-state index in [2.05, 4.69) is 29.1 Å². The highest BCUT2D eigenvalue weighted by molar-refractivity contribution is 5.78. The quantitative estimate of drug-likeness (QED) is 0.762. The second-order valence-corrected chi connectivity index (χ2v) is 6.84. The van der Waals surface area contributed by atoms with Crippen LogP contribution in [0.1, 0.15) is 51.9 Å². The second-order valence-electron chi connectivity index (χ2n) is 6.84. The Bertz CT molecular complexity index is 321. The van der Waals surface area contributed by atoms with Crippen LogP contribution < -0.4 is 5.32 Å². The minimum atomic E-state index is 0.210. The fourth-order valence-corrected chi connectivity index (χ4v) is 3.84. The fraction of sp³-hybridized carbons (Fsp3) is 0.941. The summed E-state index contributed by atoms with van der Waals surface area (Å²) in [5.74, 6) is 0.481. The van der Waals surface area contributed by atoms with Gasteiger partial charge in [-0.15, -0.1) is 0 Å². The summed E-state index contributed by atoms with van der Waals surface area (Å²) in [5.41, 5.74) is 0. The molecular formula is C17H33N3O. The molecule has 2 fully saturated rings. The Morgan fingerprint density at radius 2 is 2.05 bits per heavy atom. The van der Waals surface area contributed by atoms with Gasteiger partial charge in [0.2, 0.25) is 5.91 Å². The number of rotatable bonds is 6. The first-order valence-corrected chi connectivity index (χ1v) is 8.91. The molecule has 0 bridgehead atoms. The third-order valence-electron chi connectivity index (χ3n) is 5.14. The maximum atomic E-state index is 12.2. The Labute approximate surface area is 130 Å². The Morgan fingerprint density at radius 3 is 2.81 bits per heavy atom. The number of amides is 1. The van der Waals surface area contributed by atoms with Crippen molar-refractivity contribution < 1.29 is 4.79 Å². The summed E-state index contributed by atoms with van der Waals surface area (Å²) in [6.45, 7) is 7.59. The lowest BCUT2D eigenvalue weighted by atomic mass is 9.97. The normalized spacial score (nSPS) is 28.5. The van der Waals surface area contributed by atoms with Crippen molar-refractivity contribution in [1.29, 1.82) is 0 Å². The monoisotopic (exact) mass is 295 g/mol. The van der Waals surface area contributed by atoms with Crippen LogP contribution in [0.4, 0.5) is 0 Å². The molecule has 0 saturated carbocycles. The fourth-order valence-electron chi connectivity index (χ4n) is 3.84. The molecule has 0 aromatic heterocycles. The van der Waals surface area contributed by atoms with Gasteiger partial charge in [0.25, 0.3) is 0 Å². The summed E-state index contributed by atoms with van der Waals surface area (Å²) in [6.07, 6.45) is 8.65. The van der Waals surface area contributed by atoms with Crippen LogP contribution in [0.15, 0.2) is 0 Å². The summed E-state index contributed by atoms with van der Waals surface area (Å²) in [7, 11) is 2.11. The summed E-state index contributed by atoms with van der Waals surface area (Å²) in [6, 6.07) is 0.779. The van der Waals surface area contributed by atoms with Crippen LogP contribution in [0, 0.1) is 5.92 Å². The second kappa shape index (κ2) is 8.74. The van der Waals surface area contributed by atoms with E-state index in [9.17, 15) is 4.79 Å². The molecule has 2 saturated heterocycles. The van der Waals surface area contributed by atoms with Crippen LogP contribution in [0.3, 0.4) is 0 Å². The van der Waals surface area contributed by atoms with Crippen molar-refractivity contribution in [2.24, 2.45) is 5.92 Å². The highest BCUT2D eigenvalue weighted by atomic mass is 16.1. The molecule has 0 aromatic rings. The first-order chi connectivity index (χ1) is 10.2. The summed E-state index contributed by atoms with van der Waals surface area (Å²) in [5, 5.41) is 3.15. The lowest BCUT2D eigenvalue weighted by Gasteiger charge is -2.35. The summed E-state index contributed by atoms with van der Waals surface area (Å²) in [4.78, 5) is 17.1. The lowest BCUT2D eigenvalue weighted by molar-refractivity contribution is -0.126. The van der Waals surface area contributed by atoms with Gasteiger partial charge in [0.1, 0.15) is 0 Å². The van der Waals surface area contributed by atoms with Crippen molar-refractivity contribution >= 4 is 5.91 Å². The van der Waals surface area contributed by atoms with Crippen LogP contribution in [-0.2, 0) is 4.79 Å². The highest BCUT2D eigenvalue weighted by Gasteiger charge is 2.24. The van der Waals surface area contributed by atoms with Gasteiger partial charge in [-0.05, 0) is 58.7 Å². The highest BCUT2D eigenvalue weighted by Crippen LogP contribution is 2.19. The average molecular weight is 295 g/mol. The van der Waals surface area contributed by atoms with Crippen molar-refractivity contribution in [2.45, 2.75) is 57.9 Å². The Balaban J connectivity index is 1.61. The van der Waals surface area contributed by atoms with E-state index in [1.165, 1.54) is 32.2 Å². The number of carbonyl (C=O) groups is 1. The van der Waals surface area contributed by atoms with E-state index < -0.39 is 0 Å². The predicted molar refractivity (Wildman–Crippen MR) is 87.4 cm³/mol. The van der Waals surface area contributed by atoms with Gasteiger partial charge >= 0.3 is 0 Å². The Morgan fingerprint density at radius 1 is 1.19 bits per heavy atom. The minimum absolute atomic E-state index is 0.210. The molecule has 1 N–H and O–H groups in total. The number of likely N-dealkylation sites (tertiary alicyclic amines) is 2. The molecule has 4 nitrogen and oxygen atoms in total. The largest absolute Gasteiger partial charge is 0.356 e. The van der Waals surface area contributed by atoms with Crippen molar-refractivity contribution in [3.63, 3.8) is 0 Å². The zero-order valence-corrected chi connectivity index (χ0v) is 13.9. The molecule has 2 aliphatic heterocycles. The zero-order chi connectivity index (χ0) is 15.1. The van der Waals surface area contributed by atoms with Gasteiger partial charge in [-0.3, -0.25) is 4.79 Å². The van der Waals surface area contributed by atoms with Crippen LogP contribution in [0.25, 0.3) is 0 Å². The Hall–Kier alpha value is -0.610. The van der Waals surface area contributed by atoms with Crippen LogP contribution in [0.5, 0.6) is 0 Å². The van der Waals surface area contributed by atoms with Gasteiger partial charge in [0, 0.05) is 25.7 Å². The molecular weight excluding hydrogens is 262 g/mol. The lowest BCUT2D eigenvalue weighted by Crippen LogP contribution is -2.43. The number of nitrogens with one attached hydrogen (secondary N) is 1. The van der Waals surface area contributed by atoms with Crippen molar-refractivity contribution in [3.05, 3.63) is 0 Å². The third-order valence-corrected chi connectivity index (χ3v) is 5.14. The van der Waals surface area contributed by atoms with Crippen LogP contribution >= 0.6 is 0 Å². The molecule has 0 unspecified atom stereocenters. The average Bonchev–Trinajstić information content (AvgIpc) is 2.51. The van der Waals surface area contributed by atoms with Gasteiger partial charge in [0.05, 0.1) is 5.92 Å². The Kier molecular flexibility index (Phi) is 6.97. The van der Waals surface area contributed by atoms with E-state index in [0.717, 1.165) is 51.5 Å². The molecule has 2 atom stereocenters. The van der Waals surface area contributed by atoms with E-state index in [-0.39, 0.29) is 11.8 Å². The number of nitrogens with zero attached hydrogens (tertiary/aromatic N) is 2. The first-order valence-electron chi connectivity index (χ1n) is 8.91. The van der Waals surface area contributed by atoms with E-state index in [0.29, 0.717) is 0 Å². The summed E-state index contributed by atoms with van der Waals surface area (Å²) >= 11 is 0. The predicted octanol–water partition coefficient (Wildman–Crippen LogP) is 2.10. The molecule has 21 heavy (non-hydrogen) atoms. The standard InChI is InChI=1S/C17H33N3O/c1-3-16-9-4-5-12-20(16)13-7-10-18-17(21)15-8-6-11-19(2)14-15/h15-16H,3-14H2,1-2H3,(H,18,21)/t15-,16-/m1/s1. The van der Waals surface area contributed by atoms with Crippen LogP contribution in [0.2, 0.25) is 0 Å².